The van der Waals surface area contributed by atoms with Crippen LogP contribution in [0.5, 0.6) is 0 Å². The normalized spacial score (nSPS) is 12.2. The Labute approximate surface area is 646 Å². The summed E-state index contributed by atoms with van der Waals surface area (Å²) in [6.45, 7) is 26.1. The second-order valence-corrected chi connectivity index (χ2v) is 32.0. The second kappa shape index (κ2) is 77.6. The standard InChI is InChI=1S/C66H112N2.2C16H33.Ni/c1-7-13-17-19-21-23-25-27-29-31-33-35-37-39-41-43-45-47-59-52-60(48-46-44-42-40-38-36-34-32-30-28-26-24-22-20-18-14-8-2)56-62(55-59)66-64(50-16-10-4)63(49-15-9-3)65(68(66)67)61-53-57(11-5)51-58(12-6)54-61;2*1-3-5-7-9-11-13-15-16-14-12-10-8-6-4-2;/h51-56H,7-50H2,1-6H3;2*1,3-16H2,2H3;/q;2*-1;+2. The third-order valence-electron chi connectivity index (χ3n) is 22.2. The minimum Gasteiger partial charge on any atom is -0.493 e. The Balaban J connectivity index is 0.00000247. The van der Waals surface area contributed by atoms with E-state index in [2.05, 4.69) is 106 Å². The van der Waals surface area contributed by atoms with Crippen molar-refractivity contribution in [1.82, 2.24) is 0 Å². The molecule has 0 N–H and O–H groups in total. The Morgan fingerprint density at radius 2 is 0.396 bits per heavy atom. The van der Waals surface area contributed by atoms with E-state index in [1.165, 1.54) is 430 Å². The van der Waals surface area contributed by atoms with Crippen LogP contribution in [-0.2, 0) is 42.2 Å². The van der Waals surface area contributed by atoms with Crippen LogP contribution in [0.15, 0.2) is 47.5 Å². The van der Waals surface area contributed by atoms with Crippen molar-refractivity contribution in [3.63, 3.8) is 0 Å². The SMILES string of the molecule is CCCCCCCCCCCCCCCCCCCc1cc(CCCCCCCCCCCCCCCCCCC)cc(C2=C(CCCC)C(CCCC)=C(c3cc(CC)cc(CC)c3)[N+]2=[N-])c1.[CH2-]CCCCCCCCCCCCCCC.[CH2-]CCCCCCCCCCCCCCC.[Ni+2]. The van der Waals surface area contributed by atoms with Crippen LogP contribution in [0, 0.1) is 13.8 Å². The van der Waals surface area contributed by atoms with Crippen LogP contribution in [0.4, 0.5) is 0 Å². The summed E-state index contributed by atoms with van der Waals surface area (Å²) < 4.78 is 1.66. The summed E-state index contributed by atoms with van der Waals surface area (Å²) in [5, 5.41) is 0. The molecule has 1 heterocycles. The van der Waals surface area contributed by atoms with E-state index >= 15 is 0 Å². The van der Waals surface area contributed by atoms with Gasteiger partial charge in [0.2, 0.25) is 11.4 Å². The minimum absolute atomic E-state index is 0. The number of rotatable bonds is 72. The van der Waals surface area contributed by atoms with Gasteiger partial charge in [-0.3, -0.25) is 0 Å². The van der Waals surface area contributed by atoms with Gasteiger partial charge < -0.3 is 19.4 Å². The first-order valence-corrected chi connectivity index (χ1v) is 46.1. The van der Waals surface area contributed by atoms with E-state index in [1.54, 1.807) is 4.70 Å². The summed E-state index contributed by atoms with van der Waals surface area (Å²) in [7, 11) is 0. The van der Waals surface area contributed by atoms with Gasteiger partial charge in [0.25, 0.3) is 0 Å². The molecule has 0 radical (unpaired) electrons. The fourth-order valence-corrected chi connectivity index (χ4v) is 15.5. The number of aryl methyl sites for hydroxylation is 4. The van der Waals surface area contributed by atoms with Gasteiger partial charge in [0.05, 0.1) is 0 Å². The van der Waals surface area contributed by atoms with Crippen LogP contribution < -0.4 is 0 Å². The van der Waals surface area contributed by atoms with Crippen LogP contribution in [0.2, 0.25) is 0 Å². The molecule has 0 fully saturated rings. The Hall–Kier alpha value is -1.99. The molecular weight excluding hydrogens is 1260 g/mol. The molecule has 101 heavy (non-hydrogen) atoms. The zero-order chi connectivity index (χ0) is 72.5. The largest absolute Gasteiger partial charge is 2.00 e. The minimum atomic E-state index is 0. The summed E-state index contributed by atoms with van der Waals surface area (Å²) in [6, 6.07) is 14.6. The van der Waals surface area contributed by atoms with Crippen molar-refractivity contribution in [1.29, 1.82) is 0 Å². The molecule has 2 aromatic carbocycles. The molecule has 3 heteroatoms. The molecule has 0 atom stereocenters. The van der Waals surface area contributed by atoms with Crippen molar-refractivity contribution in [3.05, 3.63) is 100 Å². The van der Waals surface area contributed by atoms with Crippen LogP contribution in [0.1, 0.15) is 525 Å². The van der Waals surface area contributed by atoms with E-state index in [-0.39, 0.29) is 16.5 Å². The first-order chi connectivity index (χ1) is 49.3. The summed E-state index contributed by atoms with van der Waals surface area (Å²) in [6.07, 6.45) is 98.7. The average molecular weight is 1440 g/mol. The smallest absolute Gasteiger partial charge is 0.493 e. The predicted molar refractivity (Wildman–Crippen MR) is 455 cm³/mol. The molecule has 0 saturated heterocycles. The molecule has 0 bridgehead atoms. The zero-order valence-electron chi connectivity index (χ0n) is 70.0. The number of hydrogen-bond donors (Lipinski definition) is 0. The first-order valence-electron chi connectivity index (χ1n) is 46.1. The van der Waals surface area contributed by atoms with Crippen molar-refractivity contribution in [2.24, 2.45) is 0 Å². The van der Waals surface area contributed by atoms with Crippen LogP contribution in [0.3, 0.4) is 0 Å². The molecule has 0 aliphatic carbocycles. The van der Waals surface area contributed by atoms with E-state index in [1.807, 2.05) is 0 Å². The quantitative estimate of drug-likeness (QED) is 0.0273. The summed E-state index contributed by atoms with van der Waals surface area (Å²) in [4.78, 5) is 0. The fourth-order valence-electron chi connectivity index (χ4n) is 15.5. The third kappa shape index (κ3) is 56.9. The van der Waals surface area contributed by atoms with Gasteiger partial charge >= 0.3 is 16.5 Å². The molecule has 0 aromatic heterocycles. The van der Waals surface area contributed by atoms with Gasteiger partial charge in [0.1, 0.15) is 0 Å². The van der Waals surface area contributed by atoms with Crippen molar-refractivity contribution < 1.29 is 21.2 Å². The summed E-state index contributed by atoms with van der Waals surface area (Å²) >= 11 is 0. The van der Waals surface area contributed by atoms with Crippen molar-refractivity contribution in [2.75, 3.05) is 0 Å². The number of nitrogens with zero attached hydrogens (tertiary/aromatic N) is 2. The Kier molecular flexibility index (Phi) is 76.1. The number of unbranched alkanes of at least 4 members (excludes halogenated alkanes) is 60. The van der Waals surface area contributed by atoms with Gasteiger partial charge in [-0.25, -0.2) is 4.70 Å². The number of benzene rings is 2. The molecular formula is C98H178N2Ni. The van der Waals surface area contributed by atoms with E-state index in [0.29, 0.717) is 0 Å². The molecule has 1 aliphatic heterocycles. The Morgan fingerprint density at radius 1 is 0.218 bits per heavy atom. The van der Waals surface area contributed by atoms with E-state index in [4.69, 9.17) is 0 Å². The zero-order valence-corrected chi connectivity index (χ0v) is 71.0. The van der Waals surface area contributed by atoms with E-state index in [9.17, 15) is 5.53 Å². The second-order valence-electron chi connectivity index (χ2n) is 32.0. The molecule has 0 saturated carbocycles. The Bertz CT molecular complexity index is 1990. The molecule has 2 aromatic rings. The molecule has 1 aliphatic rings. The van der Waals surface area contributed by atoms with Crippen LogP contribution >= 0.6 is 0 Å². The molecule has 0 spiro atoms. The topological polar surface area (TPSA) is 25.3 Å². The maximum absolute atomic E-state index is 12.6. The van der Waals surface area contributed by atoms with E-state index < -0.39 is 0 Å². The third-order valence-corrected chi connectivity index (χ3v) is 22.2. The molecule has 0 amide bonds. The molecule has 2 nitrogen and oxygen atoms in total. The number of hydrogen-bond acceptors (Lipinski definition) is 0. The van der Waals surface area contributed by atoms with Gasteiger partial charge in [-0.2, -0.15) is 12.8 Å². The molecule has 0 unspecified atom stereocenters. The van der Waals surface area contributed by atoms with Gasteiger partial charge in [0, 0.05) is 22.3 Å². The fraction of sp³-hybridized carbons (Fsp3) is 0.816. The monoisotopic (exact) mass is 1440 g/mol. The summed E-state index contributed by atoms with van der Waals surface area (Å²) in [5.74, 6) is 0. The van der Waals surface area contributed by atoms with Gasteiger partial charge in [0.15, 0.2) is 0 Å². The van der Waals surface area contributed by atoms with Crippen LogP contribution in [-0.4, -0.2) is 4.70 Å². The van der Waals surface area contributed by atoms with Crippen molar-refractivity contribution in [2.45, 2.75) is 518 Å². The number of allylic oxidation sites excluding steroid dienone is 2. The van der Waals surface area contributed by atoms with Crippen molar-refractivity contribution in [3.8, 4) is 0 Å². The molecule has 590 valence electrons. The maximum Gasteiger partial charge on any atom is 2.00 e. The maximum atomic E-state index is 12.6. The van der Waals surface area contributed by atoms with Crippen molar-refractivity contribution >= 4 is 11.4 Å². The molecule has 3 rings (SSSR count). The summed E-state index contributed by atoms with van der Waals surface area (Å²) in [5.41, 5.74) is 25.6. The van der Waals surface area contributed by atoms with Crippen LogP contribution in [0.25, 0.3) is 16.9 Å². The first kappa shape index (κ1) is 99.0. The van der Waals surface area contributed by atoms with Gasteiger partial charge in [-0.1, -0.05) is 453 Å². The van der Waals surface area contributed by atoms with Gasteiger partial charge in [-0.15, -0.1) is 0 Å². The van der Waals surface area contributed by atoms with E-state index in [0.717, 1.165) is 88.4 Å². The van der Waals surface area contributed by atoms with Gasteiger partial charge in [-0.05, 0) is 111 Å². The predicted octanol–water partition coefficient (Wildman–Crippen LogP) is 35.4. The Morgan fingerprint density at radius 3 is 0.594 bits per heavy atom. The average Bonchev–Trinajstić information content (AvgIpc) is 1.61.